The summed E-state index contributed by atoms with van der Waals surface area (Å²) in [6.45, 7) is 6.95. The molecular formula is C18H23NO. The lowest BCUT2D eigenvalue weighted by Crippen LogP contribution is -2.45. The number of fused-ring (bicyclic) bond motifs is 3. The van der Waals surface area contributed by atoms with Crippen molar-refractivity contribution in [1.82, 2.24) is 0 Å². The first-order valence-corrected chi connectivity index (χ1v) is 7.29. The van der Waals surface area contributed by atoms with Crippen LogP contribution in [-0.4, -0.2) is 19.7 Å². The van der Waals surface area contributed by atoms with Gasteiger partial charge in [-0.2, -0.15) is 0 Å². The quantitative estimate of drug-likeness (QED) is 0.752. The number of rotatable bonds is 1. The summed E-state index contributed by atoms with van der Waals surface area (Å²) < 4.78 is 5.68. The Morgan fingerprint density at radius 2 is 1.95 bits per heavy atom. The predicted molar refractivity (Wildman–Crippen MR) is 86.0 cm³/mol. The van der Waals surface area contributed by atoms with Crippen LogP contribution < -0.4 is 9.64 Å². The first kappa shape index (κ1) is 13.3. The Hall–Kier alpha value is -1.70. The van der Waals surface area contributed by atoms with E-state index in [1.165, 1.54) is 22.0 Å². The third-order valence-corrected chi connectivity index (χ3v) is 4.78. The number of hydrogen-bond donors (Lipinski definition) is 0. The average molecular weight is 269 g/mol. The van der Waals surface area contributed by atoms with Gasteiger partial charge in [0.15, 0.2) is 0 Å². The lowest BCUT2D eigenvalue weighted by atomic mass is 9.79. The fourth-order valence-electron chi connectivity index (χ4n) is 3.62. The van der Waals surface area contributed by atoms with Gasteiger partial charge in [-0.3, -0.25) is 0 Å². The molecule has 0 aliphatic carbocycles. The molecule has 2 aromatic carbocycles. The van der Waals surface area contributed by atoms with Gasteiger partial charge in [-0.05, 0) is 37.6 Å². The van der Waals surface area contributed by atoms with Gasteiger partial charge in [0.1, 0.15) is 5.75 Å². The second-order valence-corrected chi connectivity index (χ2v) is 6.54. The Labute approximate surface area is 121 Å². The van der Waals surface area contributed by atoms with Crippen molar-refractivity contribution in [3.63, 3.8) is 0 Å². The van der Waals surface area contributed by atoms with Crippen molar-refractivity contribution in [2.45, 2.75) is 38.6 Å². The van der Waals surface area contributed by atoms with Crippen molar-refractivity contribution < 1.29 is 4.74 Å². The molecule has 2 nitrogen and oxygen atoms in total. The summed E-state index contributed by atoms with van der Waals surface area (Å²) in [5.74, 6) is 1.53. The Bertz CT molecular complexity index is 660. The SMILES string of the molecule is COc1cc2ccccc2c2c1C(C)CC(C)(C)N2C. The van der Waals surface area contributed by atoms with Crippen molar-refractivity contribution in [1.29, 1.82) is 0 Å². The molecule has 1 heterocycles. The fraction of sp³-hybridized carbons (Fsp3) is 0.444. The minimum absolute atomic E-state index is 0.168. The molecule has 1 aliphatic heterocycles. The van der Waals surface area contributed by atoms with Crippen molar-refractivity contribution in [3.05, 3.63) is 35.9 Å². The maximum Gasteiger partial charge on any atom is 0.125 e. The molecule has 20 heavy (non-hydrogen) atoms. The maximum atomic E-state index is 5.68. The van der Waals surface area contributed by atoms with Crippen molar-refractivity contribution in [3.8, 4) is 5.75 Å². The van der Waals surface area contributed by atoms with E-state index in [0.717, 1.165) is 12.2 Å². The number of anilines is 1. The van der Waals surface area contributed by atoms with Gasteiger partial charge in [0.2, 0.25) is 0 Å². The van der Waals surface area contributed by atoms with Crippen LogP contribution in [0.3, 0.4) is 0 Å². The molecule has 0 N–H and O–H groups in total. The second kappa shape index (κ2) is 4.41. The summed E-state index contributed by atoms with van der Waals surface area (Å²) in [6, 6.07) is 10.8. The normalized spacial score (nSPS) is 20.9. The lowest BCUT2D eigenvalue weighted by molar-refractivity contribution is 0.370. The first-order chi connectivity index (χ1) is 9.45. The van der Waals surface area contributed by atoms with Crippen LogP contribution in [0.4, 0.5) is 5.69 Å². The zero-order valence-corrected chi connectivity index (χ0v) is 13.0. The van der Waals surface area contributed by atoms with E-state index in [9.17, 15) is 0 Å². The third kappa shape index (κ3) is 1.78. The zero-order chi connectivity index (χ0) is 14.5. The van der Waals surface area contributed by atoms with Crippen molar-refractivity contribution in [2.75, 3.05) is 19.1 Å². The van der Waals surface area contributed by atoms with E-state index in [1.54, 1.807) is 7.11 Å². The number of nitrogens with zero attached hydrogens (tertiary/aromatic N) is 1. The topological polar surface area (TPSA) is 12.5 Å². The molecule has 2 aromatic rings. The van der Waals surface area contributed by atoms with Gasteiger partial charge in [-0.15, -0.1) is 0 Å². The summed E-state index contributed by atoms with van der Waals surface area (Å²) in [6.07, 6.45) is 1.14. The van der Waals surface area contributed by atoms with Crippen LogP contribution in [-0.2, 0) is 0 Å². The van der Waals surface area contributed by atoms with E-state index in [2.05, 4.69) is 63.1 Å². The molecule has 1 unspecified atom stereocenters. The van der Waals surface area contributed by atoms with Crippen LogP contribution >= 0.6 is 0 Å². The van der Waals surface area contributed by atoms with Gasteiger partial charge in [-0.25, -0.2) is 0 Å². The fourth-order valence-corrected chi connectivity index (χ4v) is 3.62. The molecule has 0 amide bonds. The Morgan fingerprint density at radius 3 is 2.65 bits per heavy atom. The van der Waals surface area contributed by atoms with Gasteiger partial charge in [0, 0.05) is 23.5 Å². The highest BCUT2D eigenvalue weighted by Gasteiger charge is 2.37. The van der Waals surface area contributed by atoms with Crippen molar-refractivity contribution in [2.24, 2.45) is 0 Å². The summed E-state index contributed by atoms with van der Waals surface area (Å²) in [4.78, 5) is 2.42. The van der Waals surface area contributed by atoms with E-state index in [1.807, 2.05) is 0 Å². The highest BCUT2D eigenvalue weighted by Crippen LogP contribution is 2.49. The zero-order valence-electron chi connectivity index (χ0n) is 13.0. The molecule has 2 heteroatoms. The average Bonchev–Trinajstić information content (AvgIpc) is 2.42. The Balaban J connectivity index is 2.40. The number of hydrogen-bond acceptors (Lipinski definition) is 2. The third-order valence-electron chi connectivity index (χ3n) is 4.78. The second-order valence-electron chi connectivity index (χ2n) is 6.54. The number of benzene rings is 2. The highest BCUT2D eigenvalue weighted by atomic mass is 16.5. The summed E-state index contributed by atoms with van der Waals surface area (Å²) >= 11 is 0. The molecule has 0 radical (unpaired) electrons. The standard InChI is InChI=1S/C18H23NO/c1-12-11-18(2,3)19(4)17-14-9-7-6-8-13(14)10-15(20-5)16(12)17/h6-10,12H,11H2,1-5H3. The van der Waals surface area contributed by atoms with E-state index < -0.39 is 0 Å². The van der Waals surface area contributed by atoms with Crippen LogP contribution in [0.1, 0.15) is 38.7 Å². The molecule has 0 saturated carbocycles. The molecule has 3 rings (SSSR count). The van der Waals surface area contributed by atoms with E-state index >= 15 is 0 Å². The van der Waals surface area contributed by atoms with Crippen LogP contribution in [0.2, 0.25) is 0 Å². The molecule has 0 bridgehead atoms. The highest BCUT2D eigenvalue weighted by molar-refractivity contribution is 5.98. The molecule has 1 aliphatic rings. The Morgan fingerprint density at radius 1 is 1.25 bits per heavy atom. The van der Waals surface area contributed by atoms with Crippen LogP contribution in [0, 0.1) is 0 Å². The lowest BCUT2D eigenvalue weighted by Gasteiger charge is -2.46. The maximum absolute atomic E-state index is 5.68. The van der Waals surface area contributed by atoms with E-state index in [-0.39, 0.29) is 5.54 Å². The molecular weight excluding hydrogens is 246 g/mol. The van der Waals surface area contributed by atoms with Crippen molar-refractivity contribution >= 4 is 16.5 Å². The number of ether oxygens (including phenoxy) is 1. The summed E-state index contributed by atoms with van der Waals surface area (Å²) in [5.41, 5.74) is 2.86. The smallest absolute Gasteiger partial charge is 0.125 e. The summed E-state index contributed by atoms with van der Waals surface area (Å²) in [5, 5.41) is 2.57. The number of methoxy groups -OCH3 is 1. The minimum Gasteiger partial charge on any atom is -0.496 e. The monoisotopic (exact) mass is 269 g/mol. The molecule has 106 valence electrons. The molecule has 1 atom stereocenters. The van der Waals surface area contributed by atoms with Gasteiger partial charge in [0.05, 0.1) is 12.8 Å². The predicted octanol–water partition coefficient (Wildman–Crippen LogP) is 4.57. The summed E-state index contributed by atoms with van der Waals surface area (Å²) in [7, 11) is 3.98. The van der Waals surface area contributed by atoms with Gasteiger partial charge in [0.25, 0.3) is 0 Å². The largest absolute Gasteiger partial charge is 0.496 e. The molecule has 0 spiro atoms. The molecule has 0 fully saturated rings. The van der Waals surface area contributed by atoms with Crippen LogP contribution in [0.15, 0.2) is 30.3 Å². The van der Waals surface area contributed by atoms with Gasteiger partial charge < -0.3 is 9.64 Å². The van der Waals surface area contributed by atoms with Crippen LogP contribution in [0.5, 0.6) is 5.75 Å². The Kier molecular flexibility index (Phi) is 2.93. The van der Waals surface area contributed by atoms with Gasteiger partial charge in [-0.1, -0.05) is 31.2 Å². The minimum atomic E-state index is 0.168. The van der Waals surface area contributed by atoms with E-state index in [0.29, 0.717) is 5.92 Å². The van der Waals surface area contributed by atoms with Crippen LogP contribution in [0.25, 0.3) is 10.8 Å². The molecule has 0 saturated heterocycles. The van der Waals surface area contributed by atoms with Gasteiger partial charge >= 0.3 is 0 Å². The molecule has 0 aromatic heterocycles. The van der Waals surface area contributed by atoms with E-state index in [4.69, 9.17) is 4.74 Å². The first-order valence-electron chi connectivity index (χ1n) is 7.29.